The van der Waals surface area contributed by atoms with Crippen molar-refractivity contribution < 1.29 is 0 Å². The van der Waals surface area contributed by atoms with Gasteiger partial charge < -0.3 is 14.5 Å². The van der Waals surface area contributed by atoms with Gasteiger partial charge in [-0.3, -0.25) is 4.79 Å². The fraction of sp³-hybridized carbons (Fsp3) is 0.130. The van der Waals surface area contributed by atoms with E-state index in [0.29, 0.717) is 10.6 Å². The van der Waals surface area contributed by atoms with Gasteiger partial charge in [0.1, 0.15) is 0 Å². The number of fused-ring (bicyclic) bond motifs is 3. The molecule has 2 aromatic carbocycles. The van der Waals surface area contributed by atoms with Crippen molar-refractivity contribution in [3.8, 4) is 16.8 Å². The maximum atomic E-state index is 12.6. The van der Waals surface area contributed by atoms with E-state index in [0.717, 1.165) is 38.8 Å². The van der Waals surface area contributed by atoms with Crippen LogP contribution in [-0.4, -0.2) is 19.5 Å². The van der Waals surface area contributed by atoms with E-state index in [9.17, 15) is 4.79 Å². The van der Waals surface area contributed by atoms with Gasteiger partial charge >= 0.3 is 0 Å². The molecule has 0 fully saturated rings. The van der Waals surface area contributed by atoms with Crippen molar-refractivity contribution >= 4 is 33.5 Å². The summed E-state index contributed by atoms with van der Waals surface area (Å²) in [6.45, 7) is 5.84. The Labute approximate surface area is 173 Å². The lowest BCUT2D eigenvalue weighted by atomic mass is 9.99. The summed E-state index contributed by atoms with van der Waals surface area (Å²) in [7, 11) is 0. The summed E-state index contributed by atoms with van der Waals surface area (Å²) >= 11 is 6.17. The fourth-order valence-electron chi connectivity index (χ4n) is 3.58. The molecule has 0 aliphatic rings. The first kappa shape index (κ1) is 19.0. The van der Waals surface area contributed by atoms with Crippen LogP contribution in [0.25, 0.3) is 38.8 Å². The predicted molar refractivity (Wildman–Crippen MR) is 120 cm³/mol. The van der Waals surface area contributed by atoms with Crippen molar-refractivity contribution in [1.82, 2.24) is 19.5 Å². The molecule has 0 bridgehead atoms. The first-order chi connectivity index (χ1) is 14.1. The molecule has 0 saturated heterocycles. The number of aromatic nitrogens is 4. The molecule has 3 aromatic heterocycles. The van der Waals surface area contributed by atoms with E-state index in [1.54, 1.807) is 12.5 Å². The molecule has 0 aliphatic carbocycles. The highest BCUT2D eigenvalue weighted by Crippen LogP contribution is 2.34. The number of nitrogens with one attached hydrogen (secondary N) is 2. The van der Waals surface area contributed by atoms with Crippen LogP contribution in [0.3, 0.4) is 0 Å². The Bertz CT molecular complexity index is 1360. The fourth-order valence-corrected chi connectivity index (χ4v) is 3.76. The number of nitrogens with zero attached hydrogens (tertiary/aromatic N) is 2. The maximum absolute atomic E-state index is 12.6. The van der Waals surface area contributed by atoms with Gasteiger partial charge in [0.25, 0.3) is 5.56 Å². The van der Waals surface area contributed by atoms with E-state index in [1.165, 1.54) is 0 Å². The van der Waals surface area contributed by atoms with Crippen molar-refractivity contribution in [3.05, 3.63) is 82.1 Å². The van der Waals surface area contributed by atoms with Gasteiger partial charge in [-0.15, -0.1) is 0 Å². The van der Waals surface area contributed by atoms with Gasteiger partial charge in [0.15, 0.2) is 0 Å². The molecule has 0 saturated carbocycles. The summed E-state index contributed by atoms with van der Waals surface area (Å²) < 4.78 is 1.94. The van der Waals surface area contributed by atoms with Gasteiger partial charge in [-0.25, -0.2) is 4.98 Å². The van der Waals surface area contributed by atoms with Crippen LogP contribution < -0.4 is 5.56 Å². The van der Waals surface area contributed by atoms with Crippen LogP contribution >= 0.6 is 11.6 Å². The minimum atomic E-state index is -0.105. The van der Waals surface area contributed by atoms with Crippen molar-refractivity contribution in [2.45, 2.75) is 20.8 Å². The second kappa shape index (κ2) is 7.60. The Morgan fingerprint density at radius 2 is 1.86 bits per heavy atom. The lowest BCUT2D eigenvalue weighted by molar-refractivity contribution is 1.06. The SMILES string of the molecule is CC.Cc1c(-c2cccc(-n3ccnc3)c2)c2[nH]c3ccc(Cl)cc3c2[nH]c1=O. The van der Waals surface area contributed by atoms with Crippen LogP contribution in [-0.2, 0) is 0 Å². The quantitative estimate of drug-likeness (QED) is 0.387. The van der Waals surface area contributed by atoms with E-state index in [-0.39, 0.29) is 5.56 Å². The number of aromatic amines is 2. The van der Waals surface area contributed by atoms with Gasteiger partial charge in [-0.05, 0) is 42.8 Å². The molecule has 0 spiro atoms. The van der Waals surface area contributed by atoms with E-state index < -0.39 is 0 Å². The lowest BCUT2D eigenvalue weighted by Crippen LogP contribution is -2.11. The van der Waals surface area contributed by atoms with Crippen LogP contribution in [0.4, 0.5) is 0 Å². The highest BCUT2D eigenvalue weighted by atomic mass is 35.5. The Morgan fingerprint density at radius 3 is 2.62 bits per heavy atom. The second-order valence-corrected chi connectivity index (χ2v) is 6.98. The molecule has 5 nitrogen and oxygen atoms in total. The molecule has 2 N–H and O–H groups in total. The number of hydrogen-bond acceptors (Lipinski definition) is 2. The third kappa shape index (κ3) is 3.23. The summed E-state index contributed by atoms with van der Waals surface area (Å²) in [5.41, 5.74) is 6.00. The molecule has 3 heterocycles. The monoisotopic (exact) mass is 404 g/mol. The summed E-state index contributed by atoms with van der Waals surface area (Å²) in [4.78, 5) is 23.2. The molecule has 0 aliphatic heterocycles. The second-order valence-electron chi connectivity index (χ2n) is 6.54. The average Bonchev–Trinajstić information content (AvgIpc) is 3.39. The van der Waals surface area contributed by atoms with Crippen LogP contribution in [0, 0.1) is 6.92 Å². The number of H-pyrrole nitrogens is 2. The van der Waals surface area contributed by atoms with Crippen molar-refractivity contribution in [3.63, 3.8) is 0 Å². The average molecular weight is 405 g/mol. The molecule has 29 heavy (non-hydrogen) atoms. The maximum Gasteiger partial charge on any atom is 0.252 e. The van der Waals surface area contributed by atoms with Crippen molar-refractivity contribution in [2.24, 2.45) is 0 Å². The number of imidazole rings is 1. The van der Waals surface area contributed by atoms with E-state index in [4.69, 9.17) is 11.6 Å². The molecule has 146 valence electrons. The molecule has 5 aromatic rings. The molecular formula is C23H21ClN4O. The Hall–Kier alpha value is -3.31. The molecule has 6 heteroatoms. The molecule has 0 radical (unpaired) electrons. The molecule has 5 rings (SSSR count). The topological polar surface area (TPSA) is 66.5 Å². The van der Waals surface area contributed by atoms with Gasteiger partial charge in [0.2, 0.25) is 0 Å². The Balaban J connectivity index is 0.000000994. The number of pyridine rings is 1. The standard InChI is InChI=1S/C21H15ClN4O.C2H6/c1-12-18(13-3-2-4-15(9-13)26-8-7-23-11-26)20-19(25-21(12)27)16-10-14(22)5-6-17(16)24-20;1-2/h2-11,24H,1H3,(H,25,27);1-2H3. The smallest absolute Gasteiger partial charge is 0.252 e. The summed E-state index contributed by atoms with van der Waals surface area (Å²) in [5, 5.41) is 1.54. The van der Waals surface area contributed by atoms with Crippen LogP contribution in [0.2, 0.25) is 5.02 Å². The van der Waals surface area contributed by atoms with Gasteiger partial charge in [-0.2, -0.15) is 0 Å². The van der Waals surface area contributed by atoms with Crippen molar-refractivity contribution in [2.75, 3.05) is 0 Å². The van der Waals surface area contributed by atoms with Crippen LogP contribution in [0.1, 0.15) is 19.4 Å². The Kier molecular flexibility index (Phi) is 4.99. The molecule has 0 atom stereocenters. The molecular weight excluding hydrogens is 384 g/mol. The van der Waals surface area contributed by atoms with E-state index >= 15 is 0 Å². The lowest BCUT2D eigenvalue weighted by Gasteiger charge is -2.10. The van der Waals surface area contributed by atoms with Crippen LogP contribution in [0.5, 0.6) is 0 Å². The third-order valence-corrected chi connectivity index (χ3v) is 5.14. The van der Waals surface area contributed by atoms with Gasteiger partial charge in [0.05, 0.1) is 17.4 Å². The number of halogens is 1. The zero-order valence-corrected chi connectivity index (χ0v) is 17.2. The molecule has 0 amide bonds. The highest BCUT2D eigenvalue weighted by molar-refractivity contribution is 6.31. The molecule has 0 unspecified atom stereocenters. The third-order valence-electron chi connectivity index (χ3n) is 4.90. The summed E-state index contributed by atoms with van der Waals surface area (Å²) in [5.74, 6) is 0. The first-order valence-corrected chi connectivity index (χ1v) is 9.92. The first-order valence-electron chi connectivity index (χ1n) is 9.54. The summed E-state index contributed by atoms with van der Waals surface area (Å²) in [6, 6.07) is 13.7. The van der Waals surface area contributed by atoms with Gasteiger partial charge in [0, 0.05) is 45.1 Å². The zero-order chi connectivity index (χ0) is 20.5. The number of hydrogen-bond donors (Lipinski definition) is 2. The van der Waals surface area contributed by atoms with E-state index in [2.05, 4.69) is 21.0 Å². The van der Waals surface area contributed by atoms with Crippen LogP contribution in [0.15, 0.2) is 66.0 Å². The minimum absolute atomic E-state index is 0.105. The Morgan fingerprint density at radius 1 is 1.03 bits per heavy atom. The zero-order valence-electron chi connectivity index (χ0n) is 16.5. The summed E-state index contributed by atoms with van der Waals surface area (Å²) in [6.07, 6.45) is 5.39. The van der Waals surface area contributed by atoms with Gasteiger partial charge in [-0.1, -0.05) is 37.6 Å². The normalized spacial score (nSPS) is 10.9. The van der Waals surface area contributed by atoms with Crippen molar-refractivity contribution in [1.29, 1.82) is 0 Å². The number of rotatable bonds is 2. The largest absolute Gasteiger partial charge is 0.353 e. The number of benzene rings is 2. The predicted octanol–water partition coefficient (Wildman–Crippen LogP) is 5.85. The van der Waals surface area contributed by atoms with E-state index in [1.807, 2.05) is 67.9 Å². The minimum Gasteiger partial charge on any atom is -0.353 e. The highest BCUT2D eigenvalue weighted by Gasteiger charge is 2.16.